The predicted molar refractivity (Wildman–Crippen MR) is 92.3 cm³/mol. The van der Waals surface area contributed by atoms with Gasteiger partial charge in [0.05, 0.1) is 28.1 Å². The zero-order chi connectivity index (χ0) is 18.6. The molecule has 0 spiro atoms. The minimum absolute atomic E-state index is 0.0121. The van der Waals surface area contributed by atoms with Crippen molar-refractivity contribution in [1.82, 2.24) is 14.8 Å². The van der Waals surface area contributed by atoms with Gasteiger partial charge in [0.1, 0.15) is 5.15 Å². The Bertz CT molecular complexity index is 771. The third kappa shape index (κ3) is 4.85. The Labute approximate surface area is 152 Å². The van der Waals surface area contributed by atoms with Crippen LogP contribution >= 0.6 is 23.2 Å². The van der Waals surface area contributed by atoms with Gasteiger partial charge >= 0.3 is 6.18 Å². The molecule has 0 amide bonds. The molecule has 0 aromatic carbocycles. The van der Waals surface area contributed by atoms with Gasteiger partial charge in [0.25, 0.3) is 0 Å². The van der Waals surface area contributed by atoms with Gasteiger partial charge in [0, 0.05) is 12.7 Å². The Morgan fingerprint density at radius 1 is 1.36 bits per heavy atom. The Balaban J connectivity index is 2.13. The van der Waals surface area contributed by atoms with Gasteiger partial charge in [-0.05, 0) is 19.4 Å². The Morgan fingerprint density at radius 3 is 2.68 bits per heavy atom. The van der Waals surface area contributed by atoms with Crippen molar-refractivity contribution in [2.24, 2.45) is 5.10 Å². The second-order valence-electron chi connectivity index (χ2n) is 5.29. The molecule has 2 aromatic heterocycles. The first-order valence-electron chi connectivity index (χ1n) is 7.48. The second kappa shape index (κ2) is 8.05. The van der Waals surface area contributed by atoms with Gasteiger partial charge in [0.15, 0.2) is 5.82 Å². The third-order valence-electron chi connectivity index (χ3n) is 3.37. The standard InChI is InChI=1S/C15H16Cl2F3N5/c1-3-4-5-25-13(17)11(9(2)24-25)8-22-23-14-12(16)6-10(7-21-14)15(18,19)20/h6-8H,3-5H2,1-2H3,(H,21,23)/b22-8-. The molecule has 2 aromatic rings. The van der Waals surface area contributed by atoms with Crippen LogP contribution < -0.4 is 5.43 Å². The number of rotatable bonds is 6. The van der Waals surface area contributed by atoms with Gasteiger partial charge in [0.2, 0.25) is 0 Å². The highest BCUT2D eigenvalue weighted by Gasteiger charge is 2.31. The fourth-order valence-corrected chi connectivity index (χ4v) is 2.52. The molecule has 0 aliphatic heterocycles. The highest BCUT2D eigenvalue weighted by atomic mass is 35.5. The van der Waals surface area contributed by atoms with Gasteiger partial charge in [-0.3, -0.25) is 10.1 Å². The Morgan fingerprint density at radius 2 is 2.08 bits per heavy atom. The number of hydrazone groups is 1. The highest BCUT2D eigenvalue weighted by molar-refractivity contribution is 6.33. The van der Waals surface area contributed by atoms with Crippen molar-refractivity contribution in [2.75, 3.05) is 5.43 Å². The predicted octanol–water partition coefficient (Wildman–Crippen LogP) is 5.16. The average molecular weight is 394 g/mol. The molecule has 2 heterocycles. The molecule has 0 saturated carbocycles. The lowest BCUT2D eigenvalue weighted by atomic mass is 10.3. The summed E-state index contributed by atoms with van der Waals surface area (Å²) in [5.41, 5.74) is 2.89. The molecule has 2 rings (SSSR count). The van der Waals surface area contributed by atoms with Crippen molar-refractivity contribution in [3.05, 3.63) is 39.3 Å². The van der Waals surface area contributed by atoms with Crippen molar-refractivity contribution in [2.45, 2.75) is 39.4 Å². The molecule has 1 N–H and O–H groups in total. The summed E-state index contributed by atoms with van der Waals surface area (Å²) in [5.74, 6) is 0.0121. The van der Waals surface area contributed by atoms with Gasteiger partial charge in [-0.25, -0.2) is 4.98 Å². The maximum atomic E-state index is 12.6. The topological polar surface area (TPSA) is 55.1 Å². The van der Waals surface area contributed by atoms with Crippen LogP contribution in [0.3, 0.4) is 0 Å². The first-order valence-corrected chi connectivity index (χ1v) is 8.24. The second-order valence-corrected chi connectivity index (χ2v) is 6.05. The van der Waals surface area contributed by atoms with Crippen LogP contribution in [0.25, 0.3) is 0 Å². The maximum absolute atomic E-state index is 12.6. The number of aromatic nitrogens is 3. The number of hydrogen-bond donors (Lipinski definition) is 1. The summed E-state index contributed by atoms with van der Waals surface area (Å²) in [6, 6.07) is 0.785. The van der Waals surface area contributed by atoms with Gasteiger partial charge < -0.3 is 0 Å². The summed E-state index contributed by atoms with van der Waals surface area (Å²) in [4.78, 5) is 3.64. The van der Waals surface area contributed by atoms with Crippen molar-refractivity contribution in [3.8, 4) is 0 Å². The summed E-state index contributed by atoms with van der Waals surface area (Å²) in [5, 5.41) is 8.53. The number of unbranched alkanes of at least 4 members (excludes halogenated alkanes) is 1. The van der Waals surface area contributed by atoms with Crippen molar-refractivity contribution in [3.63, 3.8) is 0 Å². The van der Waals surface area contributed by atoms with Gasteiger partial charge in [-0.2, -0.15) is 23.4 Å². The molecular formula is C15H16Cl2F3N5. The molecule has 136 valence electrons. The number of hydrogen-bond acceptors (Lipinski definition) is 4. The number of halogens is 5. The fraction of sp³-hybridized carbons (Fsp3) is 0.400. The third-order valence-corrected chi connectivity index (χ3v) is 4.05. The molecule has 0 atom stereocenters. The summed E-state index contributed by atoms with van der Waals surface area (Å²) < 4.78 is 39.4. The van der Waals surface area contributed by atoms with Crippen molar-refractivity contribution < 1.29 is 13.2 Å². The van der Waals surface area contributed by atoms with E-state index in [2.05, 4.69) is 27.5 Å². The van der Waals surface area contributed by atoms with Crippen LogP contribution in [-0.2, 0) is 12.7 Å². The fourth-order valence-electron chi connectivity index (χ4n) is 2.00. The van der Waals surface area contributed by atoms with E-state index in [9.17, 15) is 13.2 Å². The number of aryl methyl sites for hydroxylation is 2. The monoisotopic (exact) mass is 393 g/mol. The van der Waals surface area contributed by atoms with Crippen LogP contribution in [-0.4, -0.2) is 21.0 Å². The van der Waals surface area contributed by atoms with E-state index in [1.807, 2.05) is 0 Å². The van der Waals surface area contributed by atoms with E-state index in [4.69, 9.17) is 23.2 Å². The van der Waals surface area contributed by atoms with E-state index >= 15 is 0 Å². The lowest BCUT2D eigenvalue weighted by Gasteiger charge is -2.08. The number of nitrogens with one attached hydrogen (secondary N) is 1. The summed E-state index contributed by atoms with van der Waals surface area (Å²) in [6.07, 6.45) is -0.428. The van der Waals surface area contributed by atoms with E-state index in [-0.39, 0.29) is 10.8 Å². The molecule has 10 heteroatoms. The number of anilines is 1. The quantitative estimate of drug-likeness (QED) is 0.544. The van der Waals surface area contributed by atoms with E-state index in [0.29, 0.717) is 29.2 Å². The molecule has 0 aliphatic rings. The summed E-state index contributed by atoms with van der Waals surface area (Å²) >= 11 is 12.1. The van der Waals surface area contributed by atoms with Gasteiger partial charge in [-0.15, -0.1) is 0 Å². The molecule has 25 heavy (non-hydrogen) atoms. The molecule has 0 aliphatic carbocycles. The molecule has 5 nitrogen and oxygen atoms in total. The van der Waals surface area contributed by atoms with Crippen molar-refractivity contribution in [1.29, 1.82) is 0 Å². The smallest absolute Gasteiger partial charge is 0.260 e. The number of nitrogens with zero attached hydrogens (tertiary/aromatic N) is 4. The number of pyridine rings is 1. The van der Waals surface area contributed by atoms with E-state index < -0.39 is 11.7 Å². The highest BCUT2D eigenvalue weighted by Crippen LogP contribution is 2.32. The molecule has 0 fully saturated rings. The maximum Gasteiger partial charge on any atom is 0.417 e. The molecule has 0 radical (unpaired) electrons. The zero-order valence-electron chi connectivity index (χ0n) is 13.5. The molecular weight excluding hydrogens is 378 g/mol. The lowest BCUT2D eigenvalue weighted by molar-refractivity contribution is -0.137. The molecule has 0 unspecified atom stereocenters. The van der Waals surface area contributed by atoms with Crippen LogP contribution in [0.1, 0.15) is 36.6 Å². The van der Waals surface area contributed by atoms with Crippen LogP contribution in [0.15, 0.2) is 17.4 Å². The largest absolute Gasteiger partial charge is 0.417 e. The zero-order valence-corrected chi connectivity index (χ0v) is 15.0. The molecule has 0 saturated heterocycles. The lowest BCUT2D eigenvalue weighted by Crippen LogP contribution is -2.06. The SMILES string of the molecule is CCCCn1nc(C)c(/C=N\Nc2ncc(C(F)(F)F)cc2Cl)c1Cl. The van der Waals surface area contributed by atoms with Crippen LogP contribution in [0.4, 0.5) is 19.0 Å². The normalized spacial score (nSPS) is 12.1. The molecule has 0 bridgehead atoms. The van der Waals surface area contributed by atoms with E-state index in [1.165, 1.54) is 6.21 Å². The van der Waals surface area contributed by atoms with E-state index in [0.717, 1.165) is 18.9 Å². The van der Waals surface area contributed by atoms with Crippen molar-refractivity contribution >= 4 is 35.2 Å². The Kier molecular flexibility index (Phi) is 6.29. The van der Waals surface area contributed by atoms with Gasteiger partial charge in [-0.1, -0.05) is 36.5 Å². The summed E-state index contributed by atoms with van der Waals surface area (Å²) in [6.45, 7) is 4.56. The minimum atomic E-state index is -4.50. The Hall–Kier alpha value is -1.80. The van der Waals surface area contributed by atoms with E-state index in [1.54, 1.807) is 11.6 Å². The van der Waals surface area contributed by atoms with Crippen LogP contribution in [0.2, 0.25) is 10.2 Å². The average Bonchev–Trinajstić information content (AvgIpc) is 2.80. The summed E-state index contributed by atoms with van der Waals surface area (Å²) in [7, 11) is 0. The van der Waals surface area contributed by atoms with Crippen LogP contribution in [0, 0.1) is 6.92 Å². The first kappa shape index (κ1) is 19.5. The first-order chi connectivity index (χ1) is 11.7. The minimum Gasteiger partial charge on any atom is -0.260 e. The number of alkyl halides is 3. The van der Waals surface area contributed by atoms with Crippen LogP contribution in [0.5, 0.6) is 0 Å².